The Morgan fingerprint density at radius 3 is 2.38 bits per heavy atom. The first kappa shape index (κ1) is 14.6. The number of rotatable bonds is 4. The van der Waals surface area contributed by atoms with Gasteiger partial charge in [-0.15, -0.1) is 0 Å². The number of amides is 2. The summed E-state index contributed by atoms with van der Waals surface area (Å²) in [5.74, 6) is 0.480. The quantitative estimate of drug-likeness (QED) is 0.845. The largest absolute Gasteiger partial charge is 0.462 e. The number of carbonyl (C=O) groups excluding carboxylic acids is 2. The van der Waals surface area contributed by atoms with E-state index in [9.17, 15) is 9.59 Å². The summed E-state index contributed by atoms with van der Waals surface area (Å²) in [6.45, 7) is 1.81. The Balaban J connectivity index is 2.23. The third kappa shape index (κ3) is 3.82. The molecule has 0 radical (unpaired) electrons. The van der Waals surface area contributed by atoms with Crippen molar-refractivity contribution in [2.45, 2.75) is 6.92 Å². The molecule has 1 aromatic heterocycles. The zero-order chi connectivity index (χ0) is 15.2. The topological polar surface area (TPSA) is 71.3 Å². The molecule has 0 unspecified atom stereocenters. The first-order valence-electron chi connectivity index (χ1n) is 6.47. The number of benzene rings is 1. The highest BCUT2D eigenvalue weighted by Crippen LogP contribution is 2.11. The highest BCUT2D eigenvalue weighted by molar-refractivity contribution is 6.05. The van der Waals surface area contributed by atoms with Crippen LogP contribution in [0, 0.1) is 6.92 Å². The molecule has 108 valence electrons. The van der Waals surface area contributed by atoms with Crippen LogP contribution in [0.5, 0.6) is 0 Å². The van der Waals surface area contributed by atoms with E-state index in [0.717, 1.165) is 5.76 Å². The fourth-order valence-electron chi connectivity index (χ4n) is 1.75. The molecule has 21 heavy (non-hydrogen) atoms. The summed E-state index contributed by atoms with van der Waals surface area (Å²) in [4.78, 5) is 24.0. The van der Waals surface area contributed by atoms with Crippen LogP contribution in [0.4, 0.5) is 0 Å². The summed E-state index contributed by atoms with van der Waals surface area (Å²) in [6, 6.07) is 12.2. The molecule has 0 saturated heterocycles. The second kappa shape index (κ2) is 6.56. The van der Waals surface area contributed by atoms with Crippen LogP contribution in [0.25, 0.3) is 6.08 Å². The normalized spacial score (nSPS) is 11.0. The average Bonchev–Trinajstić information content (AvgIpc) is 2.91. The van der Waals surface area contributed by atoms with Gasteiger partial charge in [0.1, 0.15) is 17.2 Å². The van der Waals surface area contributed by atoms with Gasteiger partial charge in [-0.3, -0.25) is 9.59 Å². The van der Waals surface area contributed by atoms with Crippen LogP contribution < -0.4 is 10.6 Å². The van der Waals surface area contributed by atoms with Crippen molar-refractivity contribution in [3.05, 3.63) is 65.2 Å². The summed E-state index contributed by atoms with van der Waals surface area (Å²) >= 11 is 0. The van der Waals surface area contributed by atoms with Gasteiger partial charge in [-0.1, -0.05) is 18.2 Å². The Bertz CT molecular complexity index is 672. The predicted molar refractivity (Wildman–Crippen MR) is 79.4 cm³/mol. The molecule has 5 nitrogen and oxygen atoms in total. The third-order valence-electron chi connectivity index (χ3n) is 2.80. The van der Waals surface area contributed by atoms with Crippen molar-refractivity contribution in [1.82, 2.24) is 10.6 Å². The average molecular weight is 284 g/mol. The van der Waals surface area contributed by atoms with E-state index >= 15 is 0 Å². The second-order valence-electron chi connectivity index (χ2n) is 4.41. The molecule has 0 saturated carbocycles. The predicted octanol–water partition coefficient (Wildman–Crippen LogP) is 2.10. The summed E-state index contributed by atoms with van der Waals surface area (Å²) in [5.41, 5.74) is 0.601. The third-order valence-corrected chi connectivity index (χ3v) is 2.80. The Morgan fingerprint density at radius 2 is 1.81 bits per heavy atom. The van der Waals surface area contributed by atoms with Gasteiger partial charge < -0.3 is 15.1 Å². The number of nitrogens with one attached hydrogen (secondary N) is 2. The molecule has 5 heteroatoms. The van der Waals surface area contributed by atoms with Crippen LogP contribution >= 0.6 is 0 Å². The maximum absolute atomic E-state index is 12.1. The van der Waals surface area contributed by atoms with Gasteiger partial charge in [-0.25, -0.2) is 0 Å². The van der Waals surface area contributed by atoms with Gasteiger partial charge in [0.25, 0.3) is 11.8 Å². The van der Waals surface area contributed by atoms with E-state index in [1.165, 1.54) is 13.1 Å². The molecule has 0 aliphatic carbocycles. The Kier molecular flexibility index (Phi) is 4.56. The van der Waals surface area contributed by atoms with Crippen molar-refractivity contribution in [3.8, 4) is 0 Å². The fraction of sp³-hybridized carbons (Fsp3) is 0.125. The molecular formula is C16H16N2O3. The molecule has 1 aromatic carbocycles. The molecule has 0 fully saturated rings. The number of likely N-dealkylation sites (N-methyl/N-ethyl adjacent to an activating group) is 1. The smallest absolute Gasteiger partial charge is 0.267 e. The number of carbonyl (C=O) groups is 2. The summed E-state index contributed by atoms with van der Waals surface area (Å²) in [7, 11) is 1.50. The molecule has 2 amide bonds. The van der Waals surface area contributed by atoms with Crippen LogP contribution in [-0.4, -0.2) is 18.9 Å². The van der Waals surface area contributed by atoms with E-state index in [2.05, 4.69) is 10.6 Å². The summed E-state index contributed by atoms with van der Waals surface area (Å²) in [5, 5.41) is 5.08. The van der Waals surface area contributed by atoms with Crippen LogP contribution in [0.1, 0.15) is 21.9 Å². The lowest BCUT2D eigenvalue weighted by Gasteiger charge is -2.08. The van der Waals surface area contributed by atoms with Gasteiger partial charge in [0.2, 0.25) is 0 Å². The number of aryl methyl sites for hydroxylation is 1. The van der Waals surface area contributed by atoms with Crippen molar-refractivity contribution < 1.29 is 14.0 Å². The number of hydrogen-bond acceptors (Lipinski definition) is 3. The molecule has 1 heterocycles. The molecule has 2 N–H and O–H groups in total. The molecule has 2 aromatic rings. The van der Waals surface area contributed by atoms with Crippen LogP contribution in [0.15, 0.2) is 52.6 Å². The minimum Gasteiger partial charge on any atom is -0.462 e. The standard InChI is InChI=1S/C16H16N2O3/c1-11-8-9-13(21-11)10-14(16(20)17-2)18-15(19)12-6-4-3-5-7-12/h3-10H,1-2H3,(H,17,20)(H,18,19)/b14-10-. The Morgan fingerprint density at radius 1 is 1.10 bits per heavy atom. The van der Waals surface area contributed by atoms with E-state index in [0.29, 0.717) is 11.3 Å². The minimum absolute atomic E-state index is 0.126. The second-order valence-corrected chi connectivity index (χ2v) is 4.41. The van der Waals surface area contributed by atoms with E-state index in [-0.39, 0.29) is 11.6 Å². The van der Waals surface area contributed by atoms with E-state index in [4.69, 9.17) is 4.42 Å². The molecule has 0 atom stereocenters. The Hall–Kier alpha value is -2.82. The molecule has 0 aliphatic heterocycles. The van der Waals surface area contributed by atoms with Crippen LogP contribution in [0.2, 0.25) is 0 Å². The van der Waals surface area contributed by atoms with Crippen molar-refractivity contribution >= 4 is 17.9 Å². The van der Waals surface area contributed by atoms with Gasteiger partial charge in [0.15, 0.2) is 0 Å². The van der Waals surface area contributed by atoms with Crippen LogP contribution in [-0.2, 0) is 4.79 Å². The van der Waals surface area contributed by atoms with E-state index in [1.807, 2.05) is 6.07 Å². The lowest BCUT2D eigenvalue weighted by Crippen LogP contribution is -2.33. The fourth-order valence-corrected chi connectivity index (χ4v) is 1.75. The molecule has 0 aliphatic rings. The maximum Gasteiger partial charge on any atom is 0.267 e. The van der Waals surface area contributed by atoms with Crippen molar-refractivity contribution in [1.29, 1.82) is 0 Å². The lowest BCUT2D eigenvalue weighted by atomic mass is 10.2. The van der Waals surface area contributed by atoms with Crippen LogP contribution in [0.3, 0.4) is 0 Å². The lowest BCUT2D eigenvalue weighted by molar-refractivity contribution is -0.117. The Labute approximate surface area is 122 Å². The molecular weight excluding hydrogens is 268 g/mol. The first-order valence-corrected chi connectivity index (χ1v) is 6.47. The molecule has 0 bridgehead atoms. The zero-order valence-corrected chi connectivity index (χ0v) is 11.8. The first-order chi connectivity index (χ1) is 10.1. The van der Waals surface area contributed by atoms with E-state index in [1.54, 1.807) is 43.3 Å². The van der Waals surface area contributed by atoms with Gasteiger partial charge in [-0.05, 0) is 31.2 Å². The van der Waals surface area contributed by atoms with Gasteiger partial charge in [-0.2, -0.15) is 0 Å². The number of hydrogen-bond donors (Lipinski definition) is 2. The highest BCUT2D eigenvalue weighted by atomic mass is 16.3. The van der Waals surface area contributed by atoms with Crippen molar-refractivity contribution in [2.75, 3.05) is 7.05 Å². The summed E-state index contributed by atoms with van der Waals surface area (Å²) in [6.07, 6.45) is 1.49. The molecule has 2 rings (SSSR count). The van der Waals surface area contributed by atoms with Gasteiger partial charge in [0, 0.05) is 18.7 Å². The molecule has 0 spiro atoms. The van der Waals surface area contributed by atoms with E-state index < -0.39 is 5.91 Å². The zero-order valence-electron chi connectivity index (χ0n) is 11.8. The van der Waals surface area contributed by atoms with Crippen molar-refractivity contribution in [2.24, 2.45) is 0 Å². The minimum atomic E-state index is -0.395. The maximum atomic E-state index is 12.1. The summed E-state index contributed by atoms with van der Waals surface area (Å²) < 4.78 is 5.39. The monoisotopic (exact) mass is 284 g/mol. The number of furan rings is 1. The van der Waals surface area contributed by atoms with Gasteiger partial charge in [0.05, 0.1) is 0 Å². The van der Waals surface area contributed by atoms with Crippen molar-refractivity contribution in [3.63, 3.8) is 0 Å². The SMILES string of the molecule is CNC(=O)/C(=C/c1ccc(C)o1)NC(=O)c1ccccc1. The van der Waals surface area contributed by atoms with Gasteiger partial charge >= 0.3 is 0 Å². The highest BCUT2D eigenvalue weighted by Gasteiger charge is 2.13.